The highest BCUT2D eigenvalue weighted by atomic mass is 19.1. The summed E-state index contributed by atoms with van der Waals surface area (Å²) in [4.78, 5) is 17.8. The molecule has 0 radical (unpaired) electrons. The van der Waals surface area contributed by atoms with Gasteiger partial charge in [-0.3, -0.25) is 4.79 Å². The van der Waals surface area contributed by atoms with Crippen LogP contribution in [0.25, 0.3) is 22.2 Å². The molecule has 0 bridgehead atoms. The van der Waals surface area contributed by atoms with Gasteiger partial charge in [0.25, 0.3) is 0 Å². The maximum atomic E-state index is 13.2. The molecule has 1 aliphatic rings. The molecule has 0 aliphatic heterocycles. The van der Waals surface area contributed by atoms with Gasteiger partial charge in [-0.2, -0.15) is 0 Å². The van der Waals surface area contributed by atoms with Crippen LogP contribution in [0, 0.1) is 11.6 Å². The van der Waals surface area contributed by atoms with Crippen LogP contribution in [0.1, 0.15) is 13.3 Å². The van der Waals surface area contributed by atoms with E-state index >= 15 is 0 Å². The molecule has 27 heavy (non-hydrogen) atoms. The van der Waals surface area contributed by atoms with E-state index in [1.165, 1.54) is 19.1 Å². The van der Waals surface area contributed by atoms with Gasteiger partial charge >= 0.3 is 0 Å². The first-order valence-electron chi connectivity index (χ1n) is 8.40. The first-order chi connectivity index (χ1) is 12.9. The molecule has 0 saturated carbocycles. The number of H-pyrrole nitrogens is 1. The molecule has 0 fully saturated rings. The predicted molar refractivity (Wildman–Crippen MR) is 100.0 cm³/mol. The molecule has 3 aromatic rings. The zero-order valence-electron chi connectivity index (χ0n) is 14.6. The Balaban J connectivity index is 0.000000180. The maximum Gasteiger partial charge on any atom is 0.159 e. The zero-order valence-corrected chi connectivity index (χ0v) is 14.6. The molecule has 1 unspecified atom stereocenters. The number of benzene rings is 1. The minimum atomic E-state index is -0.583. The number of carbonyl (C=O) groups excluding carboxylic acids is 1. The molecule has 0 amide bonds. The normalized spacial score (nSPS) is 15.9. The highest BCUT2D eigenvalue weighted by Gasteiger charge is 2.08. The number of aliphatic hydroxyl groups excluding tert-OH is 1. The number of allylic oxidation sites excluding steroid dienone is 2. The number of hydrogen-bond acceptors (Lipinski definition) is 3. The van der Waals surface area contributed by atoms with Gasteiger partial charge in [0.2, 0.25) is 0 Å². The molecule has 2 heterocycles. The van der Waals surface area contributed by atoms with Gasteiger partial charge in [0.1, 0.15) is 17.3 Å². The summed E-state index contributed by atoms with van der Waals surface area (Å²) in [5, 5.41) is 9.89. The lowest BCUT2D eigenvalue weighted by Crippen LogP contribution is -2.08. The van der Waals surface area contributed by atoms with Gasteiger partial charge in [-0.15, -0.1) is 0 Å². The van der Waals surface area contributed by atoms with Gasteiger partial charge < -0.3 is 10.1 Å². The number of pyridine rings is 1. The topological polar surface area (TPSA) is 66.0 Å². The third kappa shape index (κ3) is 4.54. The number of rotatable bonds is 2. The molecule has 2 N–H and O–H groups in total. The van der Waals surface area contributed by atoms with E-state index < -0.39 is 17.7 Å². The lowest BCUT2D eigenvalue weighted by Gasteiger charge is -2.08. The van der Waals surface area contributed by atoms with Crippen molar-refractivity contribution in [2.75, 3.05) is 0 Å². The van der Waals surface area contributed by atoms with Crippen LogP contribution in [0.3, 0.4) is 0 Å². The summed E-state index contributed by atoms with van der Waals surface area (Å²) in [7, 11) is 0. The minimum Gasteiger partial charge on any atom is -0.389 e. The summed E-state index contributed by atoms with van der Waals surface area (Å²) >= 11 is 0. The fourth-order valence-electron chi connectivity index (χ4n) is 2.82. The van der Waals surface area contributed by atoms with Gasteiger partial charge in [0.05, 0.1) is 6.10 Å². The number of aromatic amines is 1. The highest BCUT2D eigenvalue weighted by molar-refractivity contribution is 5.96. The van der Waals surface area contributed by atoms with Crippen molar-refractivity contribution < 1.29 is 18.7 Å². The van der Waals surface area contributed by atoms with Crippen LogP contribution < -0.4 is 0 Å². The van der Waals surface area contributed by atoms with E-state index in [4.69, 9.17) is 5.11 Å². The van der Waals surface area contributed by atoms with E-state index in [1.807, 2.05) is 6.07 Å². The van der Waals surface area contributed by atoms with Crippen molar-refractivity contribution in [1.29, 1.82) is 0 Å². The summed E-state index contributed by atoms with van der Waals surface area (Å²) in [6.07, 6.45) is 8.65. The standard InChI is InChI=1S/C13H8F2N2.C8H10O2/c14-9-5-8(6-10(15)7-9)11-1-3-16-13-12(11)2-4-17-13;1-6(9)7-3-2-4-8(10)5-7/h1-7H,(H,16,17);2-3,5,8,10H,4H2,1H3. The van der Waals surface area contributed by atoms with Gasteiger partial charge in [-0.25, -0.2) is 13.8 Å². The van der Waals surface area contributed by atoms with E-state index in [0.717, 1.165) is 17.0 Å². The molecule has 1 aromatic carbocycles. The molecule has 1 atom stereocenters. The average Bonchev–Trinajstić information content (AvgIpc) is 3.10. The molecule has 0 spiro atoms. The lowest BCUT2D eigenvalue weighted by atomic mass is 10.0. The second-order valence-electron chi connectivity index (χ2n) is 6.14. The summed E-state index contributed by atoms with van der Waals surface area (Å²) in [6, 6.07) is 7.06. The molecule has 6 heteroatoms. The summed E-state index contributed by atoms with van der Waals surface area (Å²) < 4.78 is 26.4. The van der Waals surface area contributed by atoms with E-state index in [-0.39, 0.29) is 5.78 Å². The highest BCUT2D eigenvalue weighted by Crippen LogP contribution is 2.27. The summed E-state index contributed by atoms with van der Waals surface area (Å²) in [5.41, 5.74) is 2.58. The Morgan fingerprint density at radius 1 is 1.22 bits per heavy atom. The van der Waals surface area contributed by atoms with E-state index in [0.29, 0.717) is 23.2 Å². The van der Waals surface area contributed by atoms with Gasteiger partial charge in [-0.1, -0.05) is 12.2 Å². The number of nitrogens with zero attached hydrogens (tertiary/aromatic N) is 1. The fourth-order valence-corrected chi connectivity index (χ4v) is 2.82. The smallest absolute Gasteiger partial charge is 0.159 e. The Hall–Kier alpha value is -3.12. The Morgan fingerprint density at radius 3 is 2.59 bits per heavy atom. The number of aromatic nitrogens is 2. The van der Waals surface area contributed by atoms with Crippen molar-refractivity contribution in [3.05, 3.63) is 78.2 Å². The fraction of sp³-hybridized carbons (Fsp3) is 0.143. The van der Waals surface area contributed by atoms with E-state index in [9.17, 15) is 13.6 Å². The number of aliphatic hydroxyl groups is 1. The SMILES string of the molecule is CC(=O)C1=CC(O)CC=C1.Fc1cc(F)cc(-c2ccnc3[nH]ccc23)c1. The number of carbonyl (C=O) groups is 1. The third-order valence-corrected chi connectivity index (χ3v) is 4.09. The lowest BCUT2D eigenvalue weighted by molar-refractivity contribution is -0.113. The van der Waals surface area contributed by atoms with Crippen LogP contribution in [-0.2, 0) is 4.79 Å². The minimum absolute atomic E-state index is 0.00926. The third-order valence-electron chi connectivity index (χ3n) is 4.09. The molecule has 138 valence electrons. The van der Waals surface area contributed by atoms with Gasteiger partial charge in [-0.05, 0) is 54.8 Å². The van der Waals surface area contributed by atoms with E-state index in [1.54, 1.807) is 36.7 Å². The van der Waals surface area contributed by atoms with Crippen LogP contribution in [0.2, 0.25) is 0 Å². The van der Waals surface area contributed by atoms with Crippen LogP contribution in [-0.4, -0.2) is 27.0 Å². The summed E-state index contributed by atoms with van der Waals surface area (Å²) in [6.45, 7) is 1.49. The predicted octanol–water partition coefficient (Wildman–Crippen LogP) is 4.33. The molecular formula is C21H18F2N2O2. The quantitative estimate of drug-likeness (QED) is 0.708. The van der Waals surface area contributed by atoms with Crippen LogP contribution in [0.5, 0.6) is 0 Å². The van der Waals surface area contributed by atoms with Crippen molar-refractivity contribution in [3.8, 4) is 11.1 Å². The van der Waals surface area contributed by atoms with Gasteiger partial charge in [0.15, 0.2) is 5.78 Å². The van der Waals surface area contributed by atoms with Crippen molar-refractivity contribution in [3.63, 3.8) is 0 Å². The van der Waals surface area contributed by atoms with Crippen molar-refractivity contribution in [1.82, 2.24) is 9.97 Å². The second-order valence-corrected chi connectivity index (χ2v) is 6.14. The largest absolute Gasteiger partial charge is 0.389 e. The average molecular weight is 368 g/mol. The first-order valence-corrected chi connectivity index (χ1v) is 8.40. The maximum absolute atomic E-state index is 13.2. The van der Waals surface area contributed by atoms with Gasteiger partial charge in [0, 0.05) is 29.4 Å². The molecule has 0 saturated heterocycles. The Kier molecular flexibility index (Phi) is 5.57. The second kappa shape index (κ2) is 8.05. The molecule has 2 aromatic heterocycles. The number of halogens is 2. The number of hydrogen-bond donors (Lipinski definition) is 2. The van der Waals surface area contributed by atoms with Crippen LogP contribution in [0.15, 0.2) is 66.5 Å². The first kappa shape index (κ1) is 18.7. The number of fused-ring (bicyclic) bond motifs is 1. The Labute approximate surface area is 154 Å². The molecule has 4 rings (SSSR count). The molecule has 4 nitrogen and oxygen atoms in total. The molecule has 1 aliphatic carbocycles. The van der Waals surface area contributed by atoms with Crippen molar-refractivity contribution in [2.24, 2.45) is 0 Å². The number of Topliss-reactive ketones (excluding diaryl/α,β-unsaturated/α-hetero) is 1. The number of ketones is 1. The number of nitrogens with one attached hydrogen (secondary N) is 1. The molecular weight excluding hydrogens is 350 g/mol. The van der Waals surface area contributed by atoms with Crippen LogP contribution >= 0.6 is 0 Å². The van der Waals surface area contributed by atoms with E-state index in [2.05, 4.69) is 9.97 Å². The Morgan fingerprint density at radius 2 is 1.96 bits per heavy atom. The summed E-state index contributed by atoms with van der Waals surface area (Å²) in [5.74, 6) is -1.16. The van der Waals surface area contributed by atoms with Crippen molar-refractivity contribution >= 4 is 16.8 Å². The Bertz CT molecular complexity index is 1020. The zero-order chi connectivity index (χ0) is 19.4. The van der Waals surface area contributed by atoms with Crippen LogP contribution in [0.4, 0.5) is 8.78 Å². The monoisotopic (exact) mass is 368 g/mol. The van der Waals surface area contributed by atoms with Crippen molar-refractivity contribution in [2.45, 2.75) is 19.4 Å².